The van der Waals surface area contributed by atoms with Gasteiger partial charge in [0, 0.05) is 54.6 Å². The summed E-state index contributed by atoms with van der Waals surface area (Å²) in [5.41, 5.74) is 5.57. The number of hydrogen-bond donors (Lipinski definition) is 4. The van der Waals surface area contributed by atoms with E-state index in [0.29, 0.717) is 38.2 Å². The van der Waals surface area contributed by atoms with Gasteiger partial charge < -0.3 is 49.3 Å². The summed E-state index contributed by atoms with van der Waals surface area (Å²) in [6.07, 6.45) is 9.13. The number of fused-ring (bicyclic) bond motifs is 1. The van der Waals surface area contributed by atoms with E-state index in [2.05, 4.69) is 79.6 Å². The average Bonchev–Trinajstić information content (AvgIpc) is 3.80. The highest BCUT2D eigenvalue weighted by Crippen LogP contribution is 2.53. The van der Waals surface area contributed by atoms with Gasteiger partial charge in [-0.15, -0.1) is 0 Å². The van der Waals surface area contributed by atoms with E-state index in [0.717, 1.165) is 90.8 Å². The van der Waals surface area contributed by atoms with Gasteiger partial charge in [-0.3, -0.25) is 9.59 Å². The van der Waals surface area contributed by atoms with Crippen LogP contribution in [0.1, 0.15) is 75.1 Å². The Morgan fingerprint density at radius 2 is 1.16 bits per heavy atom. The van der Waals surface area contributed by atoms with Crippen LogP contribution < -0.4 is 10.6 Å². The summed E-state index contributed by atoms with van der Waals surface area (Å²) in [5.74, 6) is 1.37. The van der Waals surface area contributed by atoms with Gasteiger partial charge in [-0.05, 0) is 68.4 Å². The number of methoxy groups -OCH3 is 2. The lowest BCUT2D eigenvalue weighted by atomic mass is 9.92. The Morgan fingerprint density at radius 3 is 1.65 bits per heavy atom. The van der Waals surface area contributed by atoms with Gasteiger partial charge in [0.25, 0.3) is 0 Å². The van der Waals surface area contributed by atoms with Crippen LogP contribution in [0.5, 0.6) is 0 Å². The Labute approximate surface area is 373 Å². The fourth-order valence-electron chi connectivity index (χ4n) is 9.84. The van der Waals surface area contributed by atoms with E-state index >= 15 is 0 Å². The predicted octanol–water partition coefficient (Wildman–Crippen LogP) is 6.52. The van der Waals surface area contributed by atoms with Crippen molar-refractivity contribution in [3.05, 3.63) is 72.6 Å². The molecule has 1 aliphatic carbocycles. The first-order chi connectivity index (χ1) is 30.2. The van der Waals surface area contributed by atoms with Crippen molar-refractivity contribution in [3.63, 3.8) is 0 Å². The summed E-state index contributed by atoms with van der Waals surface area (Å²) >= 11 is 2.31. The summed E-state index contributed by atoms with van der Waals surface area (Å²) in [5, 5.41) is 5.63. The molecule has 9 rings (SSSR count). The number of rotatable bonds is 11. The molecule has 62 heavy (non-hydrogen) atoms. The molecule has 9 atom stereocenters. The molecule has 0 bridgehead atoms. The number of aromatic nitrogens is 4. The fourth-order valence-corrected chi connectivity index (χ4v) is 10.9. The van der Waals surface area contributed by atoms with E-state index < -0.39 is 24.3 Å². The van der Waals surface area contributed by atoms with Crippen molar-refractivity contribution < 1.29 is 38.1 Å². The topological polar surface area (TPSA) is 193 Å². The zero-order valence-electron chi connectivity index (χ0n) is 34.9. The molecule has 2 aromatic carbocycles. The van der Waals surface area contributed by atoms with Gasteiger partial charge in [0.1, 0.15) is 23.7 Å². The number of aromatic amines is 2. The first-order valence-corrected chi connectivity index (χ1v) is 22.9. The first-order valence-electron chi connectivity index (χ1n) is 21.7. The molecular formula is C45H53IN8O8. The number of halogens is 1. The van der Waals surface area contributed by atoms with Crippen LogP contribution in [-0.4, -0.2) is 117 Å². The van der Waals surface area contributed by atoms with E-state index in [1.54, 1.807) is 0 Å². The molecule has 4 aliphatic heterocycles. The van der Waals surface area contributed by atoms with Gasteiger partial charge in [0.2, 0.25) is 11.8 Å². The van der Waals surface area contributed by atoms with E-state index in [9.17, 15) is 19.2 Å². The normalized spacial score (nSPS) is 26.6. The fraction of sp³-hybridized carbons (Fsp3) is 0.511. The number of nitrogens with zero attached hydrogens (tertiary/aromatic N) is 4. The zero-order valence-corrected chi connectivity index (χ0v) is 37.0. The summed E-state index contributed by atoms with van der Waals surface area (Å²) in [4.78, 5) is 73.5. The molecule has 0 unspecified atom stereocenters. The van der Waals surface area contributed by atoms with Gasteiger partial charge >= 0.3 is 12.2 Å². The molecule has 16 nitrogen and oxygen atoms in total. The minimum Gasteiger partial charge on any atom is -0.453 e. The Balaban J connectivity index is 0.861. The van der Waals surface area contributed by atoms with Crippen molar-refractivity contribution in [2.75, 3.05) is 40.6 Å². The third kappa shape index (κ3) is 8.67. The second kappa shape index (κ2) is 18.4. The highest BCUT2D eigenvalue weighted by atomic mass is 127. The number of benzene rings is 2. The number of alkyl halides is 1. The Bertz CT molecular complexity index is 2100. The smallest absolute Gasteiger partial charge is 0.407 e. The molecule has 4 amide bonds. The number of alkyl carbamates (subject to hydrolysis) is 2. The van der Waals surface area contributed by atoms with Crippen LogP contribution in [0.15, 0.2) is 60.9 Å². The molecule has 328 valence electrons. The largest absolute Gasteiger partial charge is 0.453 e. The number of carbonyl (C=O) groups is 4. The molecule has 5 aliphatic rings. The van der Waals surface area contributed by atoms with Gasteiger partial charge in [0.05, 0.1) is 55.0 Å². The molecular weight excluding hydrogens is 907 g/mol. The predicted molar refractivity (Wildman–Crippen MR) is 236 cm³/mol. The van der Waals surface area contributed by atoms with Crippen LogP contribution in [0.25, 0.3) is 33.6 Å². The van der Waals surface area contributed by atoms with Gasteiger partial charge in [-0.1, -0.05) is 71.1 Å². The van der Waals surface area contributed by atoms with Crippen molar-refractivity contribution in [2.45, 2.75) is 85.6 Å². The van der Waals surface area contributed by atoms with E-state index in [1.165, 1.54) is 14.2 Å². The van der Waals surface area contributed by atoms with E-state index in [-0.39, 0.29) is 45.8 Å². The second-order valence-electron chi connectivity index (χ2n) is 17.0. The van der Waals surface area contributed by atoms with Crippen LogP contribution >= 0.6 is 22.6 Å². The summed E-state index contributed by atoms with van der Waals surface area (Å²) < 4.78 is 21.1. The van der Waals surface area contributed by atoms with Crippen LogP contribution in [-0.2, 0) is 28.5 Å². The lowest BCUT2D eigenvalue weighted by molar-refractivity contribution is -0.139. The SMILES string of the molecule is COC(=O)N[C@@H](C(=O)N1[C@H](I)CC[C@H]1c1nc(-c2ccc(-c3ccc(-c4c[nH]c([C@@H]5C[C@H]6C[C@H]6N5C(=O)[C@H](NC(=O)OC)[C@@H]5CCCOC5)n4)cc3)cc2)c[nH]1)[C@@H]1CCCOC1. The van der Waals surface area contributed by atoms with Gasteiger partial charge in [-0.2, -0.15) is 0 Å². The monoisotopic (exact) mass is 960 g/mol. The van der Waals surface area contributed by atoms with Crippen LogP contribution in [0.2, 0.25) is 0 Å². The molecule has 6 heterocycles. The van der Waals surface area contributed by atoms with Crippen molar-refractivity contribution in [1.29, 1.82) is 0 Å². The summed E-state index contributed by atoms with van der Waals surface area (Å²) in [7, 11) is 2.61. The van der Waals surface area contributed by atoms with Crippen LogP contribution in [0.4, 0.5) is 9.59 Å². The van der Waals surface area contributed by atoms with Crippen molar-refractivity contribution >= 4 is 46.6 Å². The quantitative estimate of drug-likeness (QED) is 0.0731. The minimum absolute atomic E-state index is 0.0529. The molecule has 0 radical (unpaired) electrons. The van der Waals surface area contributed by atoms with Crippen molar-refractivity contribution in [3.8, 4) is 33.6 Å². The third-order valence-electron chi connectivity index (χ3n) is 13.2. The Morgan fingerprint density at radius 1 is 0.677 bits per heavy atom. The number of nitrogens with one attached hydrogen (secondary N) is 4. The average molecular weight is 961 g/mol. The second-order valence-corrected chi connectivity index (χ2v) is 18.4. The highest BCUT2D eigenvalue weighted by Gasteiger charge is 2.56. The molecule has 4 aromatic rings. The highest BCUT2D eigenvalue weighted by molar-refractivity contribution is 14.1. The Hall–Kier alpha value is -5.01. The molecule has 0 spiro atoms. The standard InChI is InChI=1S/C45H53IN8O8/c1-59-44(57)51-38(29-5-3-17-61-23-29)42(55)53-35-19-31(35)20-36(53)41-48-22-33(50-41)28-13-9-26(10-14-28)25-7-11-27(12-8-25)32-21-47-40(49-32)34-15-16-37(46)54(34)43(56)39(52-45(58)60-2)30-6-4-18-62-24-30/h7-14,21-22,29-31,34-39H,3-6,15-20,23-24H2,1-2H3,(H,47,49)(H,48,50)(H,51,57)(H,52,58)/t29-,30-,31-,34+,35-,36+,37+,38-,39-/m1/s1. The number of amides is 4. The maximum atomic E-state index is 14.2. The lowest BCUT2D eigenvalue weighted by Gasteiger charge is -2.35. The molecule has 5 fully saturated rings. The number of hydrogen-bond acceptors (Lipinski definition) is 10. The summed E-state index contributed by atoms with van der Waals surface area (Å²) in [6.45, 7) is 2.14. The van der Waals surface area contributed by atoms with Gasteiger partial charge in [-0.25, -0.2) is 19.6 Å². The van der Waals surface area contributed by atoms with E-state index in [1.807, 2.05) is 34.3 Å². The van der Waals surface area contributed by atoms with Crippen molar-refractivity contribution in [1.82, 2.24) is 40.4 Å². The molecule has 4 saturated heterocycles. The summed E-state index contributed by atoms with van der Waals surface area (Å²) in [6, 6.07) is 14.7. The molecule has 4 N–H and O–H groups in total. The van der Waals surface area contributed by atoms with Crippen molar-refractivity contribution in [2.24, 2.45) is 17.8 Å². The molecule has 2 aromatic heterocycles. The zero-order chi connectivity index (χ0) is 42.9. The number of likely N-dealkylation sites (tertiary alicyclic amines) is 2. The van der Waals surface area contributed by atoms with Crippen LogP contribution in [0, 0.1) is 17.8 Å². The number of imidazole rings is 2. The van der Waals surface area contributed by atoms with E-state index in [4.69, 9.17) is 28.9 Å². The van der Waals surface area contributed by atoms with Gasteiger partial charge in [0.15, 0.2) is 0 Å². The molecule has 1 saturated carbocycles. The number of carbonyl (C=O) groups excluding carboxylic acids is 4. The first kappa shape index (κ1) is 42.3. The number of H-pyrrole nitrogens is 2. The molecule has 17 heteroatoms. The number of ether oxygens (including phenoxy) is 4. The third-order valence-corrected chi connectivity index (χ3v) is 14.5. The van der Waals surface area contributed by atoms with Crippen LogP contribution in [0.3, 0.4) is 0 Å². The lowest BCUT2D eigenvalue weighted by Crippen LogP contribution is -2.54. The Kier molecular flexibility index (Phi) is 12.5. The number of piperidine rings is 1. The minimum atomic E-state index is -0.751. The maximum absolute atomic E-state index is 14.2. The maximum Gasteiger partial charge on any atom is 0.407 e.